The molecule has 0 heterocycles. The van der Waals surface area contributed by atoms with Crippen LogP contribution in [0.1, 0.15) is 11.6 Å². The number of halogens is 1. The number of carbonyl (C=O) groups is 1. The summed E-state index contributed by atoms with van der Waals surface area (Å²) in [5.41, 5.74) is 1.43. The maximum absolute atomic E-state index is 11.3. The fourth-order valence-electron chi connectivity index (χ4n) is 1.64. The van der Waals surface area contributed by atoms with E-state index in [2.05, 4.69) is 5.32 Å². The van der Waals surface area contributed by atoms with Crippen molar-refractivity contribution in [3.63, 3.8) is 0 Å². The molecule has 0 aliphatic rings. The number of carboxylic acid groups (broad SMARTS) is 1. The second-order valence-corrected chi connectivity index (χ2v) is 4.27. The van der Waals surface area contributed by atoms with Gasteiger partial charge in [0.15, 0.2) is 6.04 Å². The monoisotopic (exact) mass is 261 g/mol. The summed E-state index contributed by atoms with van der Waals surface area (Å²) >= 11 is 5.79. The van der Waals surface area contributed by atoms with E-state index in [4.69, 9.17) is 11.6 Å². The summed E-state index contributed by atoms with van der Waals surface area (Å²) in [7, 11) is 0. The van der Waals surface area contributed by atoms with E-state index < -0.39 is 12.0 Å². The fraction of sp³-hybridized carbons (Fsp3) is 0.0714. The maximum atomic E-state index is 11.3. The van der Waals surface area contributed by atoms with Crippen molar-refractivity contribution in [1.82, 2.24) is 0 Å². The molecule has 0 aliphatic heterocycles. The van der Waals surface area contributed by atoms with E-state index in [0.717, 1.165) is 5.69 Å². The van der Waals surface area contributed by atoms with Gasteiger partial charge < -0.3 is 10.4 Å². The lowest BCUT2D eigenvalue weighted by Gasteiger charge is -2.16. The van der Waals surface area contributed by atoms with Crippen LogP contribution in [0.25, 0.3) is 0 Å². The highest BCUT2D eigenvalue weighted by molar-refractivity contribution is 6.30. The van der Waals surface area contributed by atoms with Gasteiger partial charge in [-0.25, -0.2) is 4.79 Å². The largest absolute Gasteiger partial charge is 0.479 e. The molecule has 0 unspecified atom stereocenters. The van der Waals surface area contributed by atoms with Crippen molar-refractivity contribution < 1.29 is 9.90 Å². The summed E-state index contributed by atoms with van der Waals surface area (Å²) in [5, 5.41) is 12.8. The third-order valence-corrected chi connectivity index (χ3v) is 2.79. The molecule has 0 saturated carbocycles. The summed E-state index contributed by atoms with van der Waals surface area (Å²) in [6.45, 7) is 0. The molecule has 2 aromatic carbocycles. The van der Waals surface area contributed by atoms with E-state index in [1.165, 1.54) is 0 Å². The van der Waals surface area contributed by atoms with Crippen LogP contribution in [0.3, 0.4) is 0 Å². The molecule has 92 valence electrons. The average molecular weight is 262 g/mol. The van der Waals surface area contributed by atoms with Crippen LogP contribution < -0.4 is 5.32 Å². The molecule has 0 bridgehead atoms. The molecule has 3 nitrogen and oxygen atoms in total. The van der Waals surface area contributed by atoms with Crippen molar-refractivity contribution in [2.75, 3.05) is 5.32 Å². The third-order valence-electron chi connectivity index (χ3n) is 2.54. The van der Waals surface area contributed by atoms with Crippen LogP contribution in [0.15, 0.2) is 54.6 Å². The molecule has 18 heavy (non-hydrogen) atoms. The van der Waals surface area contributed by atoms with Gasteiger partial charge in [0.05, 0.1) is 0 Å². The smallest absolute Gasteiger partial charge is 0.330 e. The zero-order valence-electron chi connectivity index (χ0n) is 9.51. The van der Waals surface area contributed by atoms with Crippen molar-refractivity contribution in [2.24, 2.45) is 0 Å². The predicted molar refractivity (Wildman–Crippen MR) is 71.9 cm³/mol. The highest BCUT2D eigenvalue weighted by atomic mass is 35.5. The lowest BCUT2D eigenvalue weighted by molar-refractivity contribution is -0.138. The molecule has 2 N–H and O–H groups in total. The highest BCUT2D eigenvalue weighted by Gasteiger charge is 2.19. The molecule has 0 spiro atoms. The summed E-state index contributed by atoms with van der Waals surface area (Å²) < 4.78 is 0. The number of rotatable bonds is 4. The Morgan fingerprint density at radius 1 is 1.06 bits per heavy atom. The first-order chi connectivity index (χ1) is 8.66. The van der Waals surface area contributed by atoms with Gasteiger partial charge in [0.1, 0.15) is 0 Å². The topological polar surface area (TPSA) is 49.3 Å². The molecular formula is C14H12ClNO2. The van der Waals surface area contributed by atoms with E-state index in [-0.39, 0.29) is 0 Å². The Balaban J connectivity index is 2.24. The van der Waals surface area contributed by atoms with Gasteiger partial charge in [0.25, 0.3) is 0 Å². The molecule has 4 heteroatoms. The van der Waals surface area contributed by atoms with E-state index >= 15 is 0 Å². The third kappa shape index (κ3) is 3.02. The van der Waals surface area contributed by atoms with Crippen LogP contribution in [0, 0.1) is 0 Å². The van der Waals surface area contributed by atoms with E-state index in [1.54, 1.807) is 24.3 Å². The van der Waals surface area contributed by atoms with Crippen molar-refractivity contribution in [1.29, 1.82) is 0 Å². The van der Waals surface area contributed by atoms with Crippen LogP contribution in [0.2, 0.25) is 5.02 Å². The van der Waals surface area contributed by atoms with E-state index in [1.807, 2.05) is 30.3 Å². The van der Waals surface area contributed by atoms with Gasteiger partial charge in [-0.05, 0) is 29.8 Å². The number of aliphatic carboxylic acids is 1. The van der Waals surface area contributed by atoms with Gasteiger partial charge in [0, 0.05) is 10.7 Å². The zero-order valence-corrected chi connectivity index (χ0v) is 10.3. The lowest BCUT2D eigenvalue weighted by atomic mass is 10.1. The highest BCUT2D eigenvalue weighted by Crippen LogP contribution is 2.21. The first-order valence-electron chi connectivity index (χ1n) is 5.46. The van der Waals surface area contributed by atoms with Crippen molar-refractivity contribution >= 4 is 23.3 Å². The Morgan fingerprint density at radius 2 is 1.67 bits per heavy atom. The SMILES string of the molecule is O=C(O)[C@H](Nc1ccccc1)c1ccc(Cl)cc1. The minimum atomic E-state index is -0.929. The molecule has 1 atom stereocenters. The standard InChI is InChI=1S/C14H12ClNO2/c15-11-8-6-10(7-9-11)13(14(17)18)16-12-4-2-1-3-5-12/h1-9,13,16H,(H,17,18)/t13-/m1/s1. The van der Waals surface area contributed by atoms with Gasteiger partial charge >= 0.3 is 5.97 Å². The number of para-hydroxylation sites is 1. The Bertz CT molecular complexity index is 525. The molecule has 0 amide bonds. The minimum Gasteiger partial charge on any atom is -0.479 e. The first-order valence-corrected chi connectivity index (χ1v) is 5.84. The Labute approximate surface area is 110 Å². The molecule has 0 saturated heterocycles. The van der Waals surface area contributed by atoms with Crippen LogP contribution in [-0.2, 0) is 4.79 Å². The number of anilines is 1. The second-order valence-electron chi connectivity index (χ2n) is 3.83. The summed E-state index contributed by atoms with van der Waals surface area (Å²) in [6, 6.07) is 15.2. The van der Waals surface area contributed by atoms with Crippen molar-refractivity contribution in [2.45, 2.75) is 6.04 Å². The predicted octanol–water partition coefficient (Wildman–Crippen LogP) is 3.58. The summed E-state index contributed by atoms with van der Waals surface area (Å²) in [6.07, 6.45) is 0. The molecule has 2 aromatic rings. The average Bonchev–Trinajstić information content (AvgIpc) is 2.38. The summed E-state index contributed by atoms with van der Waals surface area (Å²) in [4.78, 5) is 11.3. The summed E-state index contributed by atoms with van der Waals surface area (Å²) in [5.74, 6) is -0.929. The molecule has 2 rings (SSSR count). The van der Waals surface area contributed by atoms with Crippen molar-refractivity contribution in [3.05, 3.63) is 65.2 Å². The molecular weight excluding hydrogens is 250 g/mol. The lowest BCUT2D eigenvalue weighted by Crippen LogP contribution is -2.20. The minimum absolute atomic E-state index is 0.586. The van der Waals surface area contributed by atoms with Gasteiger partial charge in [0.2, 0.25) is 0 Å². The van der Waals surface area contributed by atoms with E-state index in [9.17, 15) is 9.90 Å². The Hall–Kier alpha value is -2.00. The van der Waals surface area contributed by atoms with Crippen LogP contribution >= 0.6 is 11.6 Å². The van der Waals surface area contributed by atoms with Crippen LogP contribution in [-0.4, -0.2) is 11.1 Å². The molecule has 0 fully saturated rings. The van der Waals surface area contributed by atoms with Crippen LogP contribution in [0.5, 0.6) is 0 Å². The fourth-order valence-corrected chi connectivity index (χ4v) is 1.77. The molecule has 0 aromatic heterocycles. The maximum Gasteiger partial charge on any atom is 0.330 e. The normalized spacial score (nSPS) is 11.8. The zero-order chi connectivity index (χ0) is 13.0. The van der Waals surface area contributed by atoms with Crippen LogP contribution in [0.4, 0.5) is 5.69 Å². The Morgan fingerprint density at radius 3 is 2.22 bits per heavy atom. The van der Waals surface area contributed by atoms with Gasteiger partial charge in [-0.3, -0.25) is 0 Å². The van der Waals surface area contributed by atoms with Gasteiger partial charge in [-0.15, -0.1) is 0 Å². The van der Waals surface area contributed by atoms with Gasteiger partial charge in [-0.1, -0.05) is 41.9 Å². The Kier molecular flexibility index (Phi) is 3.85. The number of nitrogens with one attached hydrogen (secondary N) is 1. The second kappa shape index (κ2) is 5.56. The van der Waals surface area contributed by atoms with Gasteiger partial charge in [-0.2, -0.15) is 0 Å². The molecule has 0 aliphatic carbocycles. The number of benzene rings is 2. The van der Waals surface area contributed by atoms with Crippen molar-refractivity contribution in [3.8, 4) is 0 Å². The first kappa shape index (κ1) is 12.5. The number of hydrogen-bond donors (Lipinski definition) is 2. The van der Waals surface area contributed by atoms with E-state index in [0.29, 0.717) is 10.6 Å². The number of hydrogen-bond acceptors (Lipinski definition) is 2. The number of carboxylic acids is 1. The molecule has 0 radical (unpaired) electrons. The quantitative estimate of drug-likeness (QED) is 0.884.